The van der Waals surface area contributed by atoms with Crippen LogP contribution in [0, 0.1) is 5.82 Å². The minimum Gasteiger partial charge on any atom is -0.489 e. The Morgan fingerprint density at radius 1 is 1.16 bits per heavy atom. The summed E-state index contributed by atoms with van der Waals surface area (Å²) in [6, 6.07) is 12.7. The molecule has 0 saturated heterocycles. The second-order valence-electron chi connectivity index (χ2n) is 4.87. The number of rotatable bonds is 4. The number of hydrogen-bond donors (Lipinski definition) is 1. The quantitative estimate of drug-likeness (QED) is 0.839. The molecular formula is C16H18FNO. The summed E-state index contributed by atoms with van der Waals surface area (Å²) < 4.78 is 19.0. The van der Waals surface area contributed by atoms with Crippen molar-refractivity contribution in [3.8, 4) is 5.75 Å². The molecule has 0 atom stereocenters. The van der Waals surface area contributed by atoms with E-state index >= 15 is 0 Å². The topological polar surface area (TPSA) is 35.2 Å². The second-order valence-corrected chi connectivity index (χ2v) is 4.87. The smallest absolute Gasteiger partial charge is 0.146 e. The van der Waals surface area contributed by atoms with E-state index in [4.69, 9.17) is 10.5 Å². The van der Waals surface area contributed by atoms with Gasteiger partial charge in [0, 0.05) is 0 Å². The van der Waals surface area contributed by atoms with Crippen molar-refractivity contribution < 1.29 is 9.13 Å². The summed E-state index contributed by atoms with van der Waals surface area (Å²) in [4.78, 5) is 0. The highest BCUT2D eigenvalue weighted by atomic mass is 19.1. The van der Waals surface area contributed by atoms with Crippen LogP contribution >= 0.6 is 0 Å². The zero-order valence-electron chi connectivity index (χ0n) is 11.2. The van der Waals surface area contributed by atoms with Gasteiger partial charge in [-0.15, -0.1) is 0 Å². The molecule has 2 aromatic rings. The van der Waals surface area contributed by atoms with Crippen LogP contribution in [0.15, 0.2) is 42.5 Å². The molecule has 2 rings (SSSR count). The van der Waals surface area contributed by atoms with Gasteiger partial charge in [0.25, 0.3) is 0 Å². The second kappa shape index (κ2) is 5.74. The Bertz CT molecular complexity index is 566. The Morgan fingerprint density at radius 2 is 1.95 bits per heavy atom. The largest absolute Gasteiger partial charge is 0.489 e. The lowest BCUT2D eigenvalue weighted by Gasteiger charge is -2.10. The summed E-state index contributed by atoms with van der Waals surface area (Å²) in [6.45, 7) is 4.60. The highest BCUT2D eigenvalue weighted by Crippen LogP contribution is 2.21. The lowest BCUT2D eigenvalue weighted by atomic mass is 10.0. The lowest BCUT2D eigenvalue weighted by Crippen LogP contribution is -1.98. The minimum atomic E-state index is -0.406. The molecule has 2 N–H and O–H groups in total. The molecule has 2 aromatic carbocycles. The molecule has 19 heavy (non-hydrogen) atoms. The molecule has 0 radical (unpaired) electrons. The Morgan fingerprint density at radius 3 is 2.63 bits per heavy atom. The maximum atomic E-state index is 13.3. The van der Waals surface area contributed by atoms with Crippen molar-refractivity contribution in [1.82, 2.24) is 0 Å². The fourth-order valence-corrected chi connectivity index (χ4v) is 1.79. The van der Waals surface area contributed by atoms with Gasteiger partial charge in [-0.3, -0.25) is 0 Å². The third-order valence-electron chi connectivity index (χ3n) is 3.00. The van der Waals surface area contributed by atoms with Gasteiger partial charge in [-0.25, -0.2) is 4.39 Å². The molecule has 0 aliphatic carbocycles. The van der Waals surface area contributed by atoms with Gasteiger partial charge in [0.15, 0.2) is 0 Å². The summed E-state index contributed by atoms with van der Waals surface area (Å²) in [6.07, 6.45) is 0. The summed E-state index contributed by atoms with van der Waals surface area (Å²) >= 11 is 0. The van der Waals surface area contributed by atoms with E-state index in [-0.39, 0.29) is 5.69 Å². The van der Waals surface area contributed by atoms with Crippen molar-refractivity contribution in [2.45, 2.75) is 26.4 Å². The average Bonchev–Trinajstić information content (AvgIpc) is 2.40. The van der Waals surface area contributed by atoms with Crippen LogP contribution in [0.3, 0.4) is 0 Å². The first-order valence-electron chi connectivity index (χ1n) is 6.33. The average molecular weight is 259 g/mol. The third kappa shape index (κ3) is 3.47. The number of anilines is 1. The highest BCUT2D eigenvalue weighted by Gasteiger charge is 2.03. The van der Waals surface area contributed by atoms with E-state index in [0.29, 0.717) is 12.5 Å². The van der Waals surface area contributed by atoms with Crippen LogP contribution in [0.25, 0.3) is 0 Å². The van der Waals surface area contributed by atoms with Crippen LogP contribution < -0.4 is 10.5 Å². The maximum Gasteiger partial charge on any atom is 0.146 e. The fraction of sp³-hybridized carbons (Fsp3) is 0.250. The standard InChI is InChI=1S/C16H18FNO/c1-11(2)13-4-3-5-14(9-13)19-10-12-6-7-16(18)15(17)8-12/h3-9,11H,10,18H2,1-2H3. The molecule has 0 saturated carbocycles. The highest BCUT2D eigenvalue weighted by molar-refractivity contribution is 5.41. The molecule has 0 bridgehead atoms. The van der Waals surface area contributed by atoms with Crippen LogP contribution in [0.1, 0.15) is 30.9 Å². The monoisotopic (exact) mass is 259 g/mol. The molecule has 0 aromatic heterocycles. The Labute approximate surface area is 113 Å². The predicted octanol–water partition coefficient (Wildman–Crippen LogP) is 4.11. The summed E-state index contributed by atoms with van der Waals surface area (Å²) in [5.74, 6) is 0.845. The minimum absolute atomic E-state index is 0.158. The van der Waals surface area contributed by atoms with Crippen LogP contribution in [-0.4, -0.2) is 0 Å². The van der Waals surface area contributed by atoms with Gasteiger partial charge in [0.05, 0.1) is 5.69 Å². The van der Waals surface area contributed by atoms with Crippen molar-refractivity contribution in [2.24, 2.45) is 0 Å². The summed E-state index contributed by atoms with van der Waals surface area (Å²) in [5.41, 5.74) is 7.58. The lowest BCUT2D eigenvalue weighted by molar-refractivity contribution is 0.305. The van der Waals surface area contributed by atoms with Crippen molar-refractivity contribution in [1.29, 1.82) is 0 Å². The zero-order chi connectivity index (χ0) is 13.8. The molecule has 3 heteroatoms. The van der Waals surface area contributed by atoms with Gasteiger partial charge in [-0.1, -0.05) is 32.0 Å². The van der Waals surface area contributed by atoms with Crippen molar-refractivity contribution >= 4 is 5.69 Å². The summed E-state index contributed by atoms with van der Waals surface area (Å²) in [7, 11) is 0. The number of hydrogen-bond acceptors (Lipinski definition) is 2. The normalized spacial score (nSPS) is 10.7. The molecule has 0 aliphatic heterocycles. The zero-order valence-corrected chi connectivity index (χ0v) is 11.2. The van der Waals surface area contributed by atoms with E-state index in [1.807, 2.05) is 18.2 Å². The van der Waals surface area contributed by atoms with Gasteiger partial charge < -0.3 is 10.5 Å². The summed E-state index contributed by atoms with van der Waals surface area (Å²) in [5, 5.41) is 0. The molecule has 0 aliphatic rings. The Hall–Kier alpha value is -2.03. The van der Waals surface area contributed by atoms with Crippen LogP contribution in [-0.2, 0) is 6.61 Å². The third-order valence-corrected chi connectivity index (χ3v) is 3.00. The SMILES string of the molecule is CC(C)c1cccc(OCc2ccc(N)c(F)c2)c1. The van der Waals surface area contributed by atoms with E-state index in [1.165, 1.54) is 11.6 Å². The van der Waals surface area contributed by atoms with Crippen molar-refractivity contribution in [3.05, 3.63) is 59.4 Å². The number of benzene rings is 2. The van der Waals surface area contributed by atoms with E-state index in [2.05, 4.69) is 19.9 Å². The number of ether oxygens (including phenoxy) is 1. The van der Waals surface area contributed by atoms with Gasteiger partial charge in [-0.2, -0.15) is 0 Å². The Balaban J connectivity index is 2.05. The van der Waals surface area contributed by atoms with E-state index in [1.54, 1.807) is 12.1 Å². The van der Waals surface area contributed by atoms with Crippen molar-refractivity contribution in [3.63, 3.8) is 0 Å². The molecule has 0 unspecified atom stereocenters. The van der Waals surface area contributed by atoms with Gasteiger partial charge in [0.2, 0.25) is 0 Å². The molecule has 100 valence electrons. The van der Waals surface area contributed by atoms with E-state index in [0.717, 1.165) is 11.3 Å². The van der Waals surface area contributed by atoms with E-state index < -0.39 is 5.82 Å². The Kier molecular flexibility index (Phi) is 4.05. The first kappa shape index (κ1) is 13.4. The first-order valence-corrected chi connectivity index (χ1v) is 6.33. The molecule has 0 fully saturated rings. The van der Waals surface area contributed by atoms with Crippen LogP contribution in [0.5, 0.6) is 5.75 Å². The molecule has 2 nitrogen and oxygen atoms in total. The van der Waals surface area contributed by atoms with Crippen LogP contribution in [0.4, 0.5) is 10.1 Å². The predicted molar refractivity (Wildman–Crippen MR) is 75.7 cm³/mol. The molecule has 0 heterocycles. The maximum absolute atomic E-state index is 13.3. The molecule has 0 spiro atoms. The van der Waals surface area contributed by atoms with Gasteiger partial charge in [-0.05, 0) is 41.3 Å². The fourth-order valence-electron chi connectivity index (χ4n) is 1.79. The first-order chi connectivity index (χ1) is 9.06. The van der Waals surface area contributed by atoms with Gasteiger partial charge >= 0.3 is 0 Å². The molecular weight excluding hydrogens is 241 g/mol. The number of nitrogens with two attached hydrogens (primary N) is 1. The van der Waals surface area contributed by atoms with Crippen LogP contribution in [0.2, 0.25) is 0 Å². The van der Waals surface area contributed by atoms with Crippen molar-refractivity contribution in [2.75, 3.05) is 5.73 Å². The number of nitrogen functional groups attached to an aromatic ring is 1. The number of halogens is 1. The van der Waals surface area contributed by atoms with Gasteiger partial charge in [0.1, 0.15) is 18.2 Å². The molecule has 0 amide bonds. The van der Waals surface area contributed by atoms with E-state index in [9.17, 15) is 4.39 Å².